The van der Waals surface area contributed by atoms with E-state index in [4.69, 9.17) is 18.5 Å². The lowest BCUT2D eigenvalue weighted by Gasteiger charge is -2.22. The third kappa shape index (κ3) is 3.97. The van der Waals surface area contributed by atoms with Gasteiger partial charge >= 0.3 is 0 Å². The number of benzene rings is 1. The SMILES string of the molecule is [2H]c1c([2H])c(Cl)c([2H])c(C(=O)[C@@]([2H])(C)CC(C)(C)C)c1[2H]. The number of carbonyl (C=O) groups is 1. The second-order valence-corrected chi connectivity index (χ2v) is 5.41. The Morgan fingerprint density at radius 2 is 2.19 bits per heavy atom. The number of halogens is 1. The fourth-order valence-electron chi connectivity index (χ4n) is 1.52. The van der Waals surface area contributed by atoms with Gasteiger partial charge in [-0.15, -0.1) is 0 Å². The Bertz CT molecular complexity index is 561. The van der Waals surface area contributed by atoms with Crippen LogP contribution in [-0.2, 0) is 0 Å². The van der Waals surface area contributed by atoms with Gasteiger partial charge in [-0.25, -0.2) is 0 Å². The molecule has 0 saturated heterocycles. The van der Waals surface area contributed by atoms with Crippen LogP contribution in [0.2, 0.25) is 5.02 Å². The van der Waals surface area contributed by atoms with Crippen LogP contribution >= 0.6 is 11.6 Å². The monoisotopic (exact) mass is 243 g/mol. The predicted octanol–water partition coefficient (Wildman–Crippen LogP) is 4.60. The Hall–Kier alpha value is -0.820. The zero-order chi connectivity index (χ0) is 16.7. The molecule has 0 amide bonds. The molecule has 0 aliphatic carbocycles. The Morgan fingerprint density at radius 3 is 2.75 bits per heavy atom. The maximum Gasteiger partial charge on any atom is 0.165 e. The molecule has 0 saturated carbocycles. The molecule has 0 fully saturated rings. The van der Waals surface area contributed by atoms with E-state index in [2.05, 4.69) is 0 Å². The minimum Gasteiger partial charge on any atom is -0.294 e. The number of carbonyl (C=O) groups excluding carboxylic acids is 1. The average molecular weight is 244 g/mol. The Balaban J connectivity index is 3.45. The van der Waals surface area contributed by atoms with Gasteiger partial charge in [0.15, 0.2) is 5.78 Å². The zero-order valence-corrected chi connectivity index (χ0v) is 10.7. The van der Waals surface area contributed by atoms with Crippen molar-refractivity contribution in [2.24, 2.45) is 11.3 Å². The lowest BCUT2D eigenvalue weighted by Crippen LogP contribution is -2.18. The summed E-state index contributed by atoms with van der Waals surface area (Å²) >= 11 is 5.80. The van der Waals surface area contributed by atoms with Gasteiger partial charge < -0.3 is 0 Å². The third-order valence-corrected chi connectivity index (χ3v) is 2.19. The summed E-state index contributed by atoms with van der Waals surface area (Å²) in [6.07, 6.45) is 0.241. The molecule has 1 rings (SSSR count). The normalized spacial score (nSPS) is 19.9. The summed E-state index contributed by atoms with van der Waals surface area (Å²) in [6.45, 7) is 7.12. The highest BCUT2D eigenvalue weighted by molar-refractivity contribution is 6.31. The molecule has 88 valence electrons. The van der Waals surface area contributed by atoms with E-state index in [1.807, 2.05) is 20.8 Å². The molecule has 0 aliphatic rings. The van der Waals surface area contributed by atoms with Gasteiger partial charge in [0, 0.05) is 17.9 Å². The van der Waals surface area contributed by atoms with E-state index in [1.165, 1.54) is 6.92 Å². The summed E-state index contributed by atoms with van der Waals surface area (Å²) < 4.78 is 39.1. The van der Waals surface area contributed by atoms with Crippen LogP contribution in [0.3, 0.4) is 0 Å². The van der Waals surface area contributed by atoms with Crippen molar-refractivity contribution in [3.63, 3.8) is 0 Å². The molecule has 0 radical (unpaired) electrons. The Morgan fingerprint density at radius 1 is 1.56 bits per heavy atom. The second-order valence-electron chi connectivity index (χ2n) is 5.04. The van der Waals surface area contributed by atoms with Gasteiger partial charge in [-0.1, -0.05) is 51.4 Å². The van der Waals surface area contributed by atoms with Crippen molar-refractivity contribution >= 4 is 17.4 Å². The van der Waals surface area contributed by atoms with Gasteiger partial charge in [0.2, 0.25) is 0 Å². The fraction of sp³-hybridized carbons (Fsp3) is 0.500. The lowest BCUT2D eigenvalue weighted by atomic mass is 9.82. The van der Waals surface area contributed by atoms with Crippen molar-refractivity contribution < 1.29 is 11.6 Å². The molecule has 1 aromatic carbocycles. The summed E-state index contributed by atoms with van der Waals surface area (Å²) in [7, 11) is 0. The van der Waals surface area contributed by atoms with Gasteiger partial charge in [-0.2, -0.15) is 0 Å². The first-order valence-corrected chi connectivity index (χ1v) is 5.48. The maximum absolute atomic E-state index is 12.6. The molecule has 0 bridgehead atoms. The summed E-state index contributed by atoms with van der Waals surface area (Å²) in [6, 6.07) is -1.89. The van der Waals surface area contributed by atoms with Crippen LogP contribution in [0.4, 0.5) is 0 Å². The minimum absolute atomic E-state index is 0.241. The summed E-state index contributed by atoms with van der Waals surface area (Å²) in [5.41, 5.74) is -0.623. The van der Waals surface area contributed by atoms with Gasteiger partial charge in [0.05, 0.1) is 5.48 Å². The maximum atomic E-state index is 12.6. The van der Waals surface area contributed by atoms with Gasteiger partial charge in [-0.3, -0.25) is 4.79 Å². The molecule has 1 nitrogen and oxygen atoms in total. The van der Waals surface area contributed by atoms with Gasteiger partial charge in [-0.05, 0) is 23.9 Å². The zero-order valence-electron chi connectivity index (χ0n) is 15.0. The molecule has 16 heavy (non-hydrogen) atoms. The standard InChI is InChI=1S/C14H19ClO/c1-10(9-14(2,3)4)13(16)11-6-5-7-12(15)8-11/h5-8,10H,9H2,1-4H3/t10-/m0/s1/i5D,6D,7D,8D,10D. The molecule has 0 aromatic heterocycles. The van der Waals surface area contributed by atoms with Crippen molar-refractivity contribution in [1.82, 2.24) is 0 Å². The Kier molecular flexibility index (Phi) is 2.35. The lowest BCUT2D eigenvalue weighted by molar-refractivity contribution is 0.0897. The summed E-state index contributed by atoms with van der Waals surface area (Å²) in [5, 5.41) is -0.328. The molecule has 0 spiro atoms. The van der Waals surface area contributed by atoms with Crippen molar-refractivity contribution in [3.8, 4) is 0 Å². The van der Waals surface area contributed by atoms with Crippen molar-refractivity contribution in [3.05, 3.63) is 34.8 Å². The Labute approximate surface area is 110 Å². The third-order valence-electron chi connectivity index (χ3n) is 2.00. The molecule has 0 aliphatic heterocycles. The van der Waals surface area contributed by atoms with E-state index >= 15 is 0 Å². The van der Waals surface area contributed by atoms with Crippen LogP contribution < -0.4 is 0 Å². The first kappa shape index (κ1) is 7.50. The topological polar surface area (TPSA) is 17.1 Å². The number of hydrogen-bond donors (Lipinski definition) is 0. The van der Waals surface area contributed by atoms with Crippen LogP contribution in [-0.4, -0.2) is 5.78 Å². The number of hydrogen-bond acceptors (Lipinski definition) is 1. The highest BCUT2D eigenvalue weighted by Gasteiger charge is 2.21. The van der Waals surface area contributed by atoms with Crippen LogP contribution in [0.1, 0.15) is 51.3 Å². The number of ketones is 1. The number of rotatable bonds is 3. The molecule has 2 heteroatoms. The van der Waals surface area contributed by atoms with Gasteiger partial charge in [0.25, 0.3) is 0 Å². The molecule has 0 heterocycles. The smallest absolute Gasteiger partial charge is 0.165 e. The van der Waals surface area contributed by atoms with Crippen LogP contribution in [0.25, 0.3) is 0 Å². The summed E-state index contributed by atoms with van der Waals surface area (Å²) in [5.74, 6) is -2.23. The van der Waals surface area contributed by atoms with E-state index < -0.39 is 35.8 Å². The molecule has 0 unspecified atom stereocenters. The van der Waals surface area contributed by atoms with Crippen LogP contribution in [0.15, 0.2) is 24.2 Å². The van der Waals surface area contributed by atoms with Crippen LogP contribution in [0.5, 0.6) is 0 Å². The predicted molar refractivity (Wildman–Crippen MR) is 69.0 cm³/mol. The van der Waals surface area contributed by atoms with E-state index in [0.717, 1.165) is 0 Å². The summed E-state index contributed by atoms with van der Waals surface area (Å²) in [4.78, 5) is 12.6. The largest absolute Gasteiger partial charge is 0.294 e. The van der Waals surface area contributed by atoms with Crippen molar-refractivity contribution in [2.45, 2.75) is 34.1 Å². The molecular formula is C14H19ClO. The number of Topliss-reactive ketones (excluding diaryl/α,β-unsaturated/α-hetero) is 1. The highest BCUT2D eigenvalue weighted by Crippen LogP contribution is 2.26. The first-order valence-electron chi connectivity index (χ1n) is 7.60. The van der Waals surface area contributed by atoms with Crippen LogP contribution in [0, 0.1) is 11.3 Å². The quantitative estimate of drug-likeness (QED) is 0.710. The van der Waals surface area contributed by atoms with E-state index in [-0.39, 0.29) is 22.4 Å². The van der Waals surface area contributed by atoms with E-state index in [0.29, 0.717) is 0 Å². The molecule has 1 atom stereocenters. The van der Waals surface area contributed by atoms with Gasteiger partial charge in [0.1, 0.15) is 0 Å². The highest BCUT2D eigenvalue weighted by atomic mass is 35.5. The molecule has 1 aromatic rings. The molecule has 0 N–H and O–H groups in total. The average Bonchev–Trinajstić information content (AvgIpc) is 2.31. The second kappa shape index (κ2) is 5.01. The van der Waals surface area contributed by atoms with Crippen molar-refractivity contribution in [1.29, 1.82) is 0 Å². The minimum atomic E-state index is -1.52. The first-order chi connectivity index (χ1) is 9.29. The van der Waals surface area contributed by atoms with E-state index in [9.17, 15) is 4.79 Å². The van der Waals surface area contributed by atoms with Crippen molar-refractivity contribution in [2.75, 3.05) is 0 Å². The van der Waals surface area contributed by atoms with E-state index in [1.54, 1.807) is 0 Å². The molecular weight excluding hydrogens is 220 g/mol. The fourth-order valence-corrected chi connectivity index (χ4v) is 1.67.